The molecule has 0 radical (unpaired) electrons. The molecule has 0 spiro atoms. The molecule has 2 rings (SSSR count). The molecule has 2 aromatic carbocycles. The number of aromatic hydroxyl groups is 2. The van der Waals surface area contributed by atoms with Gasteiger partial charge >= 0.3 is 5.97 Å². The number of phenolic OH excluding ortho intramolecular Hbond substituents is 2. The molecule has 2 aromatic rings. The third kappa shape index (κ3) is 4.41. The highest BCUT2D eigenvalue weighted by molar-refractivity contribution is 5.97. The van der Waals surface area contributed by atoms with E-state index in [9.17, 15) is 29.2 Å². The standard InChI is InChI=1S/C15H11FN2O7/c16-11-4-1-8(18(23)24)5-12(11)17-14(21)7-25-15(22)10-3-2-9(19)6-13(10)20/h1-6,19-20H,7H2,(H,17,21). The van der Waals surface area contributed by atoms with Crippen LogP contribution in [0.5, 0.6) is 11.5 Å². The van der Waals surface area contributed by atoms with Crippen LogP contribution in [0.3, 0.4) is 0 Å². The number of ether oxygens (including phenoxy) is 1. The number of nitrogens with one attached hydrogen (secondary N) is 1. The van der Waals surface area contributed by atoms with Crippen LogP contribution in [0.1, 0.15) is 10.4 Å². The van der Waals surface area contributed by atoms with Crippen molar-refractivity contribution in [3.63, 3.8) is 0 Å². The third-order valence-corrected chi connectivity index (χ3v) is 2.97. The fourth-order valence-corrected chi connectivity index (χ4v) is 1.81. The first kappa shape index (κ1) is 17.7. The number of amides is 1. The number of rotatable bonds is 5. The van der Waals surface area contributed by atoms with Gasteiger partial charge in [0.15, 0.2) is 6.61 Å². The molecule has 130 valence electrons. The third-order valence-electron chi connectivity index (χ3n) is 2.97. The summed E-state index contributed by atoms with van der Waals surface area (Å²) in [5.74, 6) is -3.71. The number of halogens is 1. The molecule has 10 heteroatoms. The Morgan fingerprint density at radius 3 is 2.56 bits per heavy atom. The van der Waals surface area contributed by atoms with Gasteiger partial charge < -0.3 is 20.3 Å². The van der Waals surface area contributed by atoms with Crippen LogP contribution in [-0.4, -0.2) is 33.6 Å². The number of esters is 1. The number of anilines is 1. The number of carbonyl (C=O) groups excluding carboxylic acids is 2. The first-order valence-electron chi connectivity index (χ1n) is 6.71. The van der Waals surface area contributed by atoms with E-state index in [1.807, 2.05) is 5.32 Å². The van der Waals surface area contributed by atoms with Crippen LogP contribution in [0.4, 0.5) is 15.8 Å². The number of carbonyl (C=O) groups is 2. The number of hydrogen-bond donors (Lipinski definition) is 3. The van der Waals surface area contributed by atoms with Gasteiger partial charge in [0.1, 0.15) is 22.9 Å². The fraction of sp³-hybridized carbons (Fsp3) is 0.0667. The van der Waals surface area contributed by atoms with Gasteiger partial charge in [-0.2, -0.15) is 0 Å². The maximum Gasteiger partial charge on any atom is 0.342 e. The van der Waals surface area contributed by atoms with Crippen LogP contribution >= 0.6 is 0 Å². The molecule has 0 unspecified atom stereocenters. The van der Waals surface area contributed by atoms with Gasteiger partial charge in [-0.05, 0) is 18.2 Å². The Bertz CT molecular complexity index is 854. The van der Waals surface area contributed by atoms with Crippen LogP contribution in [-0.2, 0) is 9.53 Å². The lowest BCUT2D eigenvalue weighted by atomic mass is 10.2. The minimum absolute atomic E-state index is 0.270. The topological polar surface area (TPSA) is 139 Å². The molecule has 3 N–H and O–H groups in total. The summed E-state index contributed by atoms with van der Waals surface area (Å²) in [5.41, 5.74) is -1.16. The summed E-state index contributed by atoms with van der Waals surface area (Å²) < 4.78 is 18.2. The Morgan fingerprint density at radius 1 is 1.20 bits per heavy atom. The van der Waals surface area contributed by atoms with Gasteiger partial charge in [0.25, 0.3) is 11.6 Å². The van der Waals surface area contributed by atoms with Gasteiger partial charge in [-0.1, -0.05) is 0 Å². The van der Waals surface area contributed by atoms with E-state index in [0.29, 0.717) is 0 Å². The van der Waals surface area contributed by atoms with Gasteiger partial charge in [-0.3, -0.25) is 14.9 Å². The highest BCUT2D eigenvalue weighted by atomic mass is 19.1. The van der Waals surface area contributed by atoms with Crippen LogP contribution < -0.4 is 5.32 Å². The zero-order valence-electron chi connectivity index (χ0n) is 12.4. The number of benzene rings is 2. The van der Waals surface area contributed by atoms with Gasteiger partial charge in [0.2, 0.25) is 0 Å². The van der Waals surface area contributed by atoms with Crippen LogP contribution in [0.25, 0.3) is 0 Å². The quantitative estimate of drug-likeness (QED) is 0.425. The van der Waals surface area contributed by atoms with Crippen molar-refractivity contribution in [1.82, 2.24) is 0 Å². The predicted octanol–water partition coefficient (Wildman–Crippen LogP) is 1.94. The zero-order chi connectivity index (χ0) is 18.6. The molecule has 1 amide bonds. The van der Waals surface area contributed by atoms with Crippen LogP contribution in [0.2, 0.25) is 0 Å². The monoisotopic (exact) mass is 350 g/mol. The number of non-ortho nitro benzene ring substituents is 1. The number of nitro benzene ring substituents is 1. The van der Waals surface area contributed by atoms with Gasteiger partial charge in [-0.25, -0.2) is 9.18 Å². The predicted molar refractivity (Wildman–Crippen MR) is 81.7 cm³/mol. The maximum absolute atomic E-state index is 13.5. The summed E-state index contributed by atoms with van der Waals surface area (Å²) in [4.78, 5) is 33.3. The van der Waals surface area contributed by atoms with E-state index in [1.54, 1.807) is 0 Å². The van der Waals surface area contributed by atoms with Crippen molar-refractivity contribution in [3.8, 4) is 11.5 Å². The molecular weight excluding hydrogens is 339 g/mol. The van der Waals surface area contributed by atoms with E-state index in [0.717, 1.165) is 36.4 Å². The molecule has 0 bridgehead atoms. The molecule has 0 heterocycles. The summed E-state index contributed by atoms with van der Waals surface area (Å²) in [7, 11) is 0. The van der Waals surface area contributed by atoms with Crippen molar-refractivity contribution in [1.29, 1.82) is 0 Å². The number of hydrogen-bond acceptors (Lipinski definition) is 7. The highest BCUT2D eigenvalue weighted by Crippen LogP contribution is 2.23. The molecule has 0 fully saturated rings. The van der Waals surface area contributed by atoms with Crippen LogP contribution in [0.15, 0.2) is 36.4 Å². The Balaban J connectivity index is 2.00. The van der Waals surface area contributed by atoms with E-state index in [2.05, 4.69) is 4.74 Å². The summed E-state index contributed by atoms with van der Waals surface area (Å²) >= 11 is 0. The Hall–Kier alpha value is -3.69. The van der Waals surface area contributed by atoms with E-state index in [4.69, 9.17) is 5.11 Å². The van der Waals surface area contributed by atoms with Gasteiger partial charge in [-0.15, -0.1) is 0 Å². The zero-order valence-corrected chi connectivity index (χ0v) is 12.4. The van der Waals surface area contributed by atoms with Crippen molar-refractivity contribution in [2.24, 2.45) is 0 Å². The van der Waals surface area contributed by atoms with Crippen molar-refractivity contribution >= 4 is 23.3 Å². The van der Waals surface area contributed by atoms with Crippen molar-refractivity contribution in [2.45, 2.75) is 0 Å². The first-order chi connectivity index (χ1) is 11.8. The normalized spacial score (nSPS) is 10.1. The van der Waals surface area contributed by atoms with Crippen molar-refractivity contribution in [3.05, 3.63) is 57.9 Å². The SMILES string of the molecule is O=C(COC(=O)c1ccc(O)cc1O)Nc1cc([N+](=O)[O-])ccc1F. The van der Waals surface area contributed by atoms with E-state index in [1.165, 1.54) is 0 Å². The smallest absolute Gasteiger partial charge is 0.342 e. The summed E-state index contributed by atoms with van der Waals surface area (Å²) in [5, 5.41) is 31.3. The van der Waals surface area contributed by atoms with Crippen LogP contribution in [0, 0.1) is 15.9 Å². The molecule has 0 atom stereocenters. The molecule has 0 aliphatic rings. The van der Waals surface area contributed by atoms with E-state index < -0.39 is 46.3 Å². The van der Waals surface area contributed by atoms with Crippen molar-refractivity contribution in [2.75, 3.05) is 11.9 Å². The average Bonchev–Trinajstić information content (AvgIpc) is 2.54. The van der Waals surface area contributed by atoms with E-state index in [-0.39, 0.29) is 11.3 Å². The molecule has 25 heavy (non-hydrogen) atoms. The maximum atomic E-state index is 13.5. The highest BCUT2D eigenvalue weighted by Gasteiger charge is 2.17. The van der Waals surface area contributed by atoms with Gasteiger partial charge in [0.05, 0.1) is 10.6 Å². The lowest BCUT2D eigenvalue weighted by Gasteiger charge is -2.08. The Morgan fingerprint density at radius 2 is 1.92 bits per heavy atom. The molecule has 0 aliphatic heterocycles. The molecule has 0 saturated carbocycles. The number of nitrogens with zero attached hydrogens (tertiary/aromatic N) is 1. The second-order valence-corrected chi connectivity index (χ2v) is 4.75. The Labute approximate surface area is 139 Å². The van der Waals surface area contributed by atoms with Gasteiger partial charge in [0, 0.05) is 18.2 Å². The Kier molecular flexibility index (Phi) is 5.12. The summed E-state index contributed by atoms with van der Waals surface area (Å²) in [6, 6.07) is 5.70. The second kappa shape index (κ2) is 7.25. The summed E-state index contributed by atoms with van der Waals surface area (Å²) in [6.07, 6.45) is 0. The number of phenols is 2. The largest absolute Gasteiger partial charge is 0.508 e. The lowest BCUT2D eigenvalue weighted by Crippen LogP contribution is -2.21. The molecule has 0 saturated heterocycles. The first-order valence-corrected chi connectivity index (χ1v) is 6.71. The minimum atomic E-state index is -1.05. The van der Waals surface area contributed by atoms with Crippen molar-refractivity contribution < 1.29 is 33.9 Å². The fourth-order valence-electron chi connectivity index (χ4n) is 1.81. The average molecular weight is 350 g/mol. The number of nitro groups is 1. The second-order valence-electron chi connectivity index (χ2n) is 4.75. The molecule has 9 nitrogen and oxygen atoms in total. The minimum Gasteiger partial charge on any atom is -0.508 e. The lowest BCUT2D eigenvalue weighted by molar-refractivity contribution is -0.384. The molecule has 0 aliphatic carbocycles. The molecule has 0 aromatic heterocycles. The molecular formula is C15H11FN2O7. The summed E-state index contributed by atoms with van der Waals surface area (Å²) in [6.45, 7) is -0.818. The van der Waals surface area contributed by atoms with E-state index >= 15 is 0 Å².